The summed E-state index contributed by atoms with van der Waals surface area (Å²) in [7, 11) is 0. The third-order valence-corrected chi connectivity index (χ3v) is 3.12. The normalized spacial score (nSPS) is 11.9. The highest BCUT2D eigenvalue weighted by Crippen LogP contribution is 2.07. The Labute approximate surface area is 113 Å². The van der Waals surface area contributed by atoms with E-state index in [1.54, 1.807) is 12.1 Å². The summed E-state index contributed by atoms with van der Waals surface area (Å²) >= 11 is 0. The van der Waals surface area contributed by atoms with Crippen molar-refractivity contribution in [3.05, 3.63) is 35.4 Å². The van der Waals surface area contributed by atoms with Gasteiger partial charge in [0.25, 0.3) is 5.91 Å². The summed E-state index contributed by atoms with van der Waals surface area (Å²) in [6.45, 7) is 4.16. The van der Waals surface area contributed by atoms with Crippen LogP contribution in [0, 0.1) is 5.92 Å². The van der Waals surface area contributed by atoms with Gasteiger partial charge in [-0.1, -0.05) is 32.4 Å². The number of carboxylic acids is 1. The lowest BCUT2D eigenvalue weighted by atomic mass is 10.0. The van der Waals surface area contributed by atoms with E-state index in [-0.39, 0.29) is 12.5 Å². The van der Waals surface area contributed by atoms with Crippen molar-refractivity contribution in [2.75, 3.05) is 6.54 Å². The molecule has 0 aliphatic rings. The molecule has 0 bridgehead atoms. The number of amides is 1. The summed E-state index contributed by atoms with van der Waals surface area (Å²) < 4.78 is 0. The molecule has 1 aromatic rings. The van der Waals surface area contributed by atoms with Gasteiger partial charge >= 0.3 is 5.97 Å². The lowest BCUT2D eigenvalue weighted by molar-refractivity contribution is -0.141. The van der Waals surface area contributed by atoms with E-state index < -0.39 is 11.9 Å². The molecule has 0 aromatic heterocycles. The van der Waals surface area contributed by atoms with Crippen molar-refractivity contribution in [2.45, 2.75) is 33.1 Å². The number of carboxylic acid groups (broad SMARTS) is 1. The molecule has 0 heterocycles. The number of rotatable bonds is 7. The second-order valence-corrected chi connectivity index (χ2v) is 4.58. The highest BCUT2D eigenvalue weighted by molar-refractivity contribution is 5.94. The largest absolute Gasteiger partial charge is 0.481 e. The molecule has 1 unspecified atom stereocenters. The SMILES string of the molecule is CCCC(CNC(=O)c1ccc(CC)cc1)C(=O)O. The smallest absolute Gasteiger partial charge is 0.308 e. The number of hydrogen-bond acceptors (Lipinski definition) is 2. The molecule has 4 nitrogen and oxygen atoms in total. The average Bonchev–Trinajstić information content (AvgIpc) is 2.42. The van der Waals surface area contributed by atoms with Gasteiger partial charge in [0.15, 0.2) is 0 Å². The number of hydrogen-bond donors (Lipinski definition) is 2. The zero-order valence-electron chi connectivity index (χ0n) is 11.5. The van der Waals surface area contributed by atoms with Gasteiger partial charge in [-0.15, -0.1) is 0 Å². The van der Waals surface area contributed by atoms with Crippen LogP contribution in [-0.4, -0.2) is 23.5 Å². The quantitative estimate of drug-likeness (QED) is 0.794. The Morgan fingerprint density at radius 1 is 1.21 bits per heavy atom. The second kappa shape index (κ2) is 7.56. The Balaban J connectivity index is 2.56. The Kier molecular flexibility index (Phi) is 6.06. The van der Waals surface area contributed by atoms with Gasteiger partial charge in [-0.2, -0.15) is 0 Å². The van der Waals surface area contributed by atoms with Gasteiger partial charge in [0.2, 0.25) is 0 Å². The van der Waals surface area contributed by atoms with Gasteiger partial charge in [-0.3, -0.25) is 9.59 Å². The molecule has 4 heteroatoms. The molecule has 1 rings (SSSR count). The Morgan fingerprint density at radius 3 is 2.32 bits per heavy atom. The molecule has 1 atom stereocenters. The minimum atomic E-state index is -0.858. The zero-order valence-corrected chi connectivity index (χ0v) is 11.5. The molecule has 0 aliphatic heterocycles. The molecule has 0 radical (unpaired) electrons. The highest BCUT2D eigenvalue weighted by Gasteiger charge is 2.17. The summed E-state index contributed by atoms with van der Waals surface area (Å²) in [6, 6.07) is 7.36. The lowest BCUT2D eigenvalue weighted by Crippen LogP contribution is -2.32. The van der Waals surface area contributed by atoms with E-state index in [4.69, 9.17) is 5.11 Å². The first kappa shape index (κ1) is 15.2. The standard InChI is InChI=1S/C15H21NO3/c1-3-5-13(15(18)19)10-16-14(17)12-8-6-11(4-2)7-9-12/h6-9,13H,3-5,10H2,1-2H3,(H,16,17)(H,18,19). The highest BCUT2D eigenvalue weighted by atomic mass is 16.4. The number of carbonyl (C=O) groups is 2. The average molecular weight is 263 g/mol. The molecular formula is C15H21NO3. The fourth-order valence-electron chi connectivity index (χ4n) is 1.87. The van der Waals surface area contributed by atoms with Gasteiger partial charge in [0.05, 0.1) is 5.92 Å². The molecule has 0 saturated carbocycles. The first-order valence-corrected chi connectivity index (χ1v) is 6.68. The summed E-state index contributed by atoms with van der Waals surface area (Å²) in [6.07, 6.45) is 2.29. The van der Waals surface area contributed by atoms with E-state index >= 15 is 0 Å². The third-order valence-electron chi connectivity index (χ3n) is 3.12. The van der Waals surface area contributed by atoms with E-state index in [0.29, 0.717) is 12.0 Å². The van der Waals surface area contributed by atoms with Crippen LogP contribution in [0.5, 0.6) is 0 Å². The Morgan fingerprint density at radius 2 is 1.84 bits per heavy atom. The molecule has 2 N–H and O–H groups in total. The topological polar surface area (TPSA) is 66.4 Å². The third kappa shape index (κ3) is 4.73. The Hall–Kier alpha value is -1.84. The van der Waals surface area contributed by atoms with Crippen LogP contribution in [-0.2, 0) is 11.2 Å². The van der Waals surface area contributed by atoms with Crippen LogP contribution in [0.25, 0.3) is 0 Å². The van der Waals surface area contributed by atoms with Crippen molar-refractivity contribution in [1.29, 1.82) is 0 Å². The molecule has 19 heavy (non-hydrogen) atoms. The van der Waals surface area contributed by atoms with Crippen molar-refractivity contribution in [2.24, 2.45) is 5.92 Å². The molecule has 0 aliphatic carbocycles. The van der Waals surface area contributed by atoms with Gasteiger partial charge in [-0.25, -0.2) is 0 Å². The van der Waals surface area contributed by atoms with Crippen LogP contribution in [0.4, 0.5) is 0 Å². The summed E-state index contributed by atoms with van der Waals surface area (Å²) in [5, 5.41) is 11.7. The number of aliphatic carboxylic acids is 1. The van der Waals surface area contributed by atoms with E-state index in [1.165, 1.54) is 5.56 Å². The monoisotopic (exact) mass is 263 g/mol. The number of nitrogens with one attached hydrogen (secondary N) is 1. The zero-order chi connectivity index (χ0) is 14.3. The van der Waals surface area contributed by atoms with Gasteiger partial charge < -0.3 is 10.4 Å². The fourth-order valence-corrected chi connectivity index (χ4v) is 1.87. The maximum atomic E-state index is 11.9. The van der Waals surface area contributed by atoms with Gasteiger partial charge in [0.1, 0.15) is 0 Å². The summed E-state index contributed by atoms with van der Waals surface area (Å²) in [4.78, 5) is 22.8. The van der Waals surface area contributed by atoms with Gasteiger partial charge in [0, 0.05) is 12.1 Å². The second-order valence-electron chi connectivity index (χ2n) is 4.58. The molecule has 104 valence electrons. The molecule has 0 spiro atoms. The summed E-state index contributed by atoms with van der Waals surface area (Å²) in [5.74, 6) is -1.59. The maximum absolute atomic E-state index is 11.9. The molecular weight excluding hydrogens is 242 g/mol. The van der Waals surface area contributed by atoms with Crippen molar-refractivity contribution >= 4 is 11.9 Å². The minimum Gasteiger partial charge on any atom is -0.481 e. The minimum absolute atomic E-state index is 0.178. The van der Waals surface area contributed by atoms with Gasteiger partial charge in [-0.05, 0) is 30.5 Å². The molecule has 1 amide bonds. The molecule has 1 aromatic carbocycles. The van der Waals surface area contributed by atoms with E-state index in [0.717, 1.165) is 12.8 Å². The first-order chi connectivity index (χ1) is 9.08. The van der Waals surface area contributed by atoms with Crippen LogP contribution in [0.3, 0.4) is 0 Å². The van der Waals surface area contributed by atoms with Crippen LogP contribution < -0.4 is 5.32 Å². The first-order valence-electron chi connectivity index (χ1n) is 6.68. The number of carbonyl (C=O) groups excluding carboxylic acids is 1. The van der Waals surface area contributed by atoms with E-state index in [1.807, 2.05) is 19.1 Å². The summed E-state index contributed by atoms with van der Waals surface area (Å²) in [5.41, 5.74) is 1.74. The predicted octanol–water partition coefficient (Wildman–Crippen LogP) is 2.48. The number of benzene rings is 1. The van der Waals surface area contributed by atoms with E-state index in [9.17, 15) is 9.59 Å². The van der Waals surface area contributed by atoms with Crippen molar-refractivity contribution in [3.8, 4) is 0 Å². The van der Waals surface area contributed by atoms with Crippen LogP contribution in [0.1, 0.15) is 42.6 Å². The van der Waals surface area contributed by atoms with Crippen molar-refractivity contribution < 1.29 is 14.7 Å². The fraction of sp³-hybridized carbons (Fsp3) is 0.467. The molecule has 0 saturated heterocycles. The predicted molar refractivity (Wildman–Crippen MR) is 74.2 cm³/mol. The van der Waals surface area contributed by atoms with Crippen molar-refractivity contribution in [1.82, 2.24) is 5.32 Å². The lowest BCUT2D eigenvalue weighted by Gasteiger charge is -2.12. The number of aryl methyl sites for hydroxylation is 1. The van der Waals surface area contributed by atoms with Crippen molar-refractivity contribution in [3.63, 3.8) is 0 Å². The van der Waals surface area contributed by atoms with Crippen LogP contribution in [0.15, 0.2) is 24.3 Å². The Bertz CT molecular complexity index is 426. The molecule has 0 fully saturated rings. The van der Waals surface area contributed by atoms with Crippen LogP contribution >= 0.6 is 0 Å². The van der Waals surface area contributed by atoms with Crippen LogP contribution in [0.2, 0.25) is 0 Å². The maximum Gasteiger partial charge on any atom is 0.308 e. The van der Waals surface area contributed by atoms with E-state index in [2.05, 4.69) is 12.2 Å².